The fourth-order valence-corrected chi connectivity index (χ4v) is 3.36. The molecule has 0 radical (unpaired) electrons. The number of amides is 1. The lowest BCUT2D eigenvalue weighted by Gasteiger charge is -2.05. The Bertz CT molecular complexity index is 1140. The summed E-state index contributed by atoms with van der Waals surface area (Å²) in [6.07, 6.45) is 4.06. The fourth-order valence-electron chi connectivity index (χ4n) is 3.36. The van der Waals surface area contributed by atoms with Crippen LogP contribution in [-0.2, 0) is 24.4 Å². The van der Waals surface area contributed by atoms with Gasteiger partial charge in [-0.05, 0) is 31.2 Å². The van der Waals surface area contributed by atoms with E-state index in [0.717, 1.165) is 22.4 Å². The van der Waals surface area contributed by atoms with Crippen LogP contribution in [0.1, 0.15) is 19.0 Å². The molecular formula is C20H21N5O2. The maximum Gasteiger partial charge on any atom is 0.329 e. The quantitative estimate of drug-likeness (QED) is 0.571. The highest BCUT2D eigenvalue weighted by atomic mass is 16.2. The molecule has 3 aromatic heterocycles. The van der Waals surface area contributed by atoms with Crippen LogP contribution in [0.2, 0.25) is 0 Å². The Morgan fingerprint density at radius 2 is 1.81 bits per heavy atom. The summed E-state index contributed by atoms with van der Waals surface area (Å²) in [5, 5.41) is 2.88. The maximum absolute atomic E-state index is 12.6. The molecule has 0 spiro atoms. The third kappa shape index (κ3) is 3.23. The van der Waals surface area contributed by atoms with Crippen molar-refractivity contribution in [2.45, 2.75) is 33.0 Å². The molecule has 7 heteroatoms. The number of fused-ring (bicyclic) bond motifs is 2. The standard InChI is InChI=1S/C20H21N5O2/c1-2-24-16-7-3-4-8-17(16)25(20(24)27)12-10-19(26)21-13-15-14-23-11-6-5-9-18(23)22-15/h3-9,11,14H,2,10,12-13H2,1H3,(H,21,26). The zero-order valence-corrected chi connectivity index (χ0v) is 15.1. The minimum absolute atomic E-state index is 0.0770. The summed E-state index contributed by atoms with van der Waals surface area (Å²) >= 11 is 0. The second-order valence-electron chi connectivity index (χ2n) is 6.39. The Labute approximate surface area is 155 Å². The Balaban J connectivity index is 1.43. The Kier molecular flexibility index (Phi) is 4.50. The van der Waals surface area contributed by atoms with Gasteiger partial charge in [-0.15, -0.1) is 0 Å². The van der Waals surface area contributed by atoms with Crippen LogP contribution < -0.4 is 11.0 Å². The lowest BCUT2D eigenvalue weighted by molar-refractivity contribution is -0.121. The summed E-state index contributed by atoms with van der Waals surface area (Å²) < 4.78 is 5.31. The normalized spacial score (nSPS) is 11.3. The lowest BCUT2D eigenvalue weighted by atomic mass is 10.3. The topological polar surface area (TPSA) is 73.3 Å². The van der Waals surface area contributed by atoms with E-state index in [1.165, 1.54) is 0 Å². The highest BCUT2D eigenvalue weighted by Gasteiger charge is 2.13. The van der Waals surface area contributed by atoms with Crippen molar-refractivity contribution in [1.82, 2.24) is 23.8 Å². The van der Waals surface area contributed by atoms with Gasteiger partial charge in [0.25, 0.3) is 0 Å². The van der Waals surface area contributed by atoms with Crippen LogP contribution in [-0.4, -0.2) is 24.4 Å². The number of hydrogen-bond acceptors (Lipinski definition) is 3. The van der Waals surface area contributed by atoms with Gasteiger partial charge in [0.05, 0.1) is 23.3 Å². The Hall–Kier alpha value is -3.35. The van der Waals surface area contributed by atoms with Gasteiger partial charge in [-0.3, -0.25) is 13.9 Å². The second kappa shape index (κ2) is 7.11. The number of hydrogen-bond donors (Lipinski definition) is 1. The molecule has 0 bridgehead atoms. The maximum atomic E-state index is 12.6. The van der Waals surface area contributed by atoms with Crippen LogP contribution >= 0.6 is 0 Å². The van der Waals surface area contributed by atoms with Crippen LogP contribution in [0.5, 0.6) is 0 Å². The van der Waals surface area contributed by atoms with Crippen molar-refractivity contribution in [2.75, 3.05) is 0 Å². The van der Waals surface area contributed by atoms with Crippen molar-refractivity contribution >= 4 is 22.6 Å². The third-order valence-corrected chi connectivity index (χ3v) is 4.68. The summed E-state index contributed by atoms with van der Waals surface area (Å²) in [5.74, 6) is -0.104. The molecule has 0 saturated heterocycles. The van der Waals surface area contributed by atoms with Crippen LogP contribution in [0.25, 0.3) is 16.7 Å². The van der Waals surface area contributed by atoms with Gasteiger partial charge < -0.3 is 9.72 Å². The summed E-state index contributed by atoms with van der Waals surface area (Å²) in [7, 11) is 0. The number of rotatable bonds is 6. The molecule has 0 aliphatic carbocycles. The Morgan fingerprint density at radius 1 is 1.07 bits per heavy atom. The number of para-hydroxylation sites is 2. The van der Waals surface area contributed by atoms with E-state index < -0.39 is 0 Å². The van der Waals surface area contributed by atoms with E-state index in [-0.39, 0.29) is 18.0 Å². The van der Waals surface area contributed by atoms with E-state index in [0.29, 0.717) is 19.6 Å². The summed E-state index contributed by atoms with van der Waals surface area (Å²) in [4.78, 5) is 29.3. The molecule has 0 saturated carbocycles. The fraction of sp³-hybridized carbons (Fsp3) is 0.250. The van der Waals surface area contributed by atoms with E-state index in [1.807, 2.05) is 66.2 Å². The van der Waals surface area contributed by atoms with Gasteiger partial charge in [-0.1, -0.05) is 18.2 Å². The molecule has 0 aliphatic rings. The first-order chi connectivity index (χ1) is 13.2. The number of nitrogens with one attached hydrogen (secondary N) is 1. The molecule has 1 aromatic carbocycles. The highest BCUT2D eigenvalue weighted by Crippen LogP contribution is 2.13. The Morgan fingerprint density at radius 3 is 2.56 bits per heavy atom. The van der Waals surface area contributed by atoms with E-state index in [9.17, 15) is 9.59 Å². The van der Waals surface area contributed by atoms with Crippen LogP contribution in [0, 0.1) is 0 Å². The van der Waals surface area contributed by atoms with Gasteiger partial charge in [0.2, 0.25) is 5.91 Å². The zero-order valence-electron chi connectivity index (χ0n) is 15.1. The SMILES string of the molecule is CCn1c(=O)n(CCC(=O)NCc2cn3ccccc3n2)c2ccccc21. The summed E-state index contributed by atoms with van der Waals surface area (Å²) in [6.45, 7) is 3.27. The first kappa shape index (κ1) is 17.1. The molecule has 1 N–H and O–H groups in total. The monoisotopic (exact) mass is 363 g/mol. The highest BCUT2D eigenvalue weighted by molar-refractivity contribution is 5.78. The van der Waals surface area contributed by atoms with Crippen molar-refractivity contribution < 1.29 is 4.79 Å². The number of aryl methyl sites for hydroxylation is 2. The predicted molar refractivity (Wildman–Crippen MR) is 104 cm³/mol. The minimum Gasteiger partial charge on any atom is -0.350 e. The molecule has 1 amide bonds. The summed E-state index contributed by atoms with van der Waals surface area (Å²) in [6, 6.07) is 13.4. The lowest BCUT2D eigenvalue weighted by Crippen LogP contribution is -2.28. The van der Waals surface area contributed by atoms with Gasteiger partial charge >= 0.3 is 5.69 Å². The second-order valence-corrected chi connectivity index (χ2v) is 6.39. The van der Waals surface area contributed by atoms with E-state index in [1.54, 1.807) is 9.13 Å². The third-order valence-electron chi connectivity index (χ3n) is 4.68. The van der Waals surface area contributed by atoms with Crippen LogP contribution in [0.15, 0.2) is 59.7 Å². The van der Waals surface area contributed by atoms with Crippen molar-refractivity contribution in [3.05, 3.63) is 71.0 Å². The van der Waals surface area contributed by atoms with Crippen molar-refractivity contribution in [3.63, 3.8) is 0 Å². The number of carbonyl (C=O) groups excluding carboxylic acids is 1. The average Bonchev–Trinajstić information content (AvgIpc) is 3.22. The van der Waals surface area contributed by atoms with Crippen LogP contribution in [0.3, 0.4) is 0 Å². The predicted octanol–water partition coefficient (Wildman–Crippen LogP) is 2.18. The number of benzene rings is 1. The molecule has 0 atom stereocenters. The van der Waals surface area contributed by atoms with Gasteiger partial charge in [-0.25, -0.2) is 9.78 Å². The minimum atomic E-state index is -0.104. The van der Waals surface area contributed by atoms with Crippen molar-refractivity contribution in [3.8, 4) is 0 Å². The first-order valence-corrected chi connectivity index (χ1v) is 9.04. The largest absolute Gasteiger partial charge is 0.350 e. The number of aromatic nitrogens is 4. The molecule has 0 fully saturated rings. The molecule has 3 heterocycles. The first-order valence-electron chi connectivity index (χ1n) is 9.04. The van der Waals surface area contributed by atoms with Crippen molar-refractivity contribution in [2.24, 2.45) is 0 Å². The zero-order chi connectivity index (χ0) is 18.8. The molecule has 0 unspecified atom stereocenters. The molecule has 138 valence electrons. The molecule has 7 nitrogen and oxygen atoms in total. The van der Waals surface area contributed by atoms with Gasteiger partial charge in [-0.2, -0.15) is 0 Å². The molecule has 4 rings (SSSR count). The number of carbonyl (C=O) groups is 1. The molecule has 0 aliphatic heterocycles. The number of pyridine rings is 1. The molecular weight excluding hydrogens is 342 g/mol. The number of nitrogens with zero attached hydrogens (tertiary/aromatic N) is 4. The van der Waals surface area contributed by atoms with E-state index in [2.05, 4.69) is 10.3 Å². The average molecular weight is 363 g/mol. The van der Waals surface area contributed by atoms with Gasteiger partial charge in [0.15, 0.2) is 0 Å². The van der Waals surface area contributed by atoms with Gasteiger partial charge in [0.1, 0.15) is 5.65 Å². The summed E-state index contributed by atoms with van der Waals surface area (Å²) in [5.41, 5.74) is 3.33. The molecule has 27 heavy (non-hydrogen) atoms. The molecule has 4 aromatic rings. The van der Waals surface area contributed by atoms with E-state index >= 15 is 0 Å². The number of imidazole rings is 2. The van der Waals surface area contributed by atoms with Crippen molar-refractivity contribution in [1.29, 1.82) is 0 Å². The van der Waals surface area contributed by atoms with Crippen LogP contribution in [0.4, 0.5) is 0 Å². The smallest absolute Gasteiger partial charge is 0.329 e. The van der Waals surface area contributed by atoms with E-state index in [4.69, 9.17) is 0 Å². The van der Waals surface area contributed by atoms with Gasteiger partial charge in [0, 0.05) is 31.9 Å².